The maximum absolute atomic E-state index is 2.48. The number of anilines is 3. The SMILES string of the molecule is CC1(C)c2ccccc2-c2c(-c3ccccc3N(c3ccc(-c4ccccc4)c(-c4ccccc4)c3)c3ccc(-c4ccccc4)c(-c4ccccc4)c3)cccc21. The predicted molar refractivity (Wildman–Crippen MR) is 246 cm³/mol. The summed E-state index contributed by atoms with van der Waals surface area (Å²) in [7, 11) is 0. The lowest BCUT2D eigenvalue weighted by Crippen LogP contribution is -2.15. The normalized spacial score (nSPS) is 12.4. The Morgan fingerprint density at radius 3 is 1.21 bits per heavy atom. The van der Waals surface area contributed by atoms with Crippen molar-refractivity contribution < 1.29 is 0 Å². The van der Waals surface area contributed by atoms with Crippen LogP contribution in [0.4, 0.5) is 17.1 Å². The minimum atomic E-state index is -0.105. The number of fused-ring (bicyclic) bond motifs is 3. The molecule has 0 N–H and O–H groups in total. The number of nitrogens with zero attached hydrogens (tertiary/aromatic N) is 1. The van der Waals surface area contributed by atoms with Crippen LogP contribution in [0.2, 0.25) is 0 Å². The van der Waals surface area contributed by atoms with E-state index >= 15 is 0 Å². The molecule has 0 radical (unpaired) electrons. The summed E-state index contributed by atoms with van der Waals surface area (Å²) < 4.78 is 0. The van der Waals surface area contributed by atoms with Crippen molar-refractivity contribution in [2.45, 2.75) is 19.3 Å². The smallest absolute Gasteiger partial charge is 0.0540 e. The molecule has 0 saturated heterocycles. The Balaban J connectivity index is 1.25. The molecule has 276 valence electrons. The van der Waals surface area contributed by atoms with Crippen LogP contribution in [0.15, 0.2) is 224 Å². The molecule has 0 spiro atoms. The summed E-state index contributed by atoms with van der Waals surface area (Å²) in [6.07, 6.45) is 0. The highest BCUT2D eigenvalue weighted by molar-refractivity contribution is 6.00. The van der Waals surface area contributed by atoms with Crippen LogP contribution < -0.4 is 4.90 Å². The molecule has 1 aliphatic rings. The van der Waals surface area contributed by atoms with Crippen molar-refractivity contribution in [3.05, 3.63) is 236 Å². The summed E-state index contributed by atoms with van der Waals surface area (Å²) in [5.74, 6) is 0. The maximum Gasteiger partial charge on any atom is 0.0540 e. The van der Waals surface area contributed by atoms with Crippen LogP contribution in [0.25, 0.3) is 66.8 Å². The summed E-state index contributed by atoms with van der Waals surface area (Å²) in [4.78, 5) is 2.48. The molecule has 58 heavy (non-hydrogen) atoms. The van der Waals surface area contributed by atoms with Gasteiger partial charge < -0.3 is 4.90 Å². The molecule has 0 aromatic heterocycles. The minimum absolute atomic E-state index is 0.105. The fourth-order valence-electron chi connectivity index (χ4n) is 9.10. The van der Waals surface area contributed by atoms with Gasteiger partial charge in [0.1, 0.15) is 0 Å². The second-order valence-electron chi connectivity index (χ2n) is 15.7. The molecule has 0 unspecified atom stereocenters. The first-order valence-corrected chi connectivity index (χ1v) is 20.2. The highest BCUT2D eigenvalue weighted by Gasteiger charge is 2.37. The monoisotopic (exact) mass is 741 g/mol. The van der Waals surface area contributed by atoms with E-state index in [9.17, 15) is 0 Å². The van der Waals surface area contributed by atoms with Gasteiger partial charge in [0.05, 0.1) is 5.69 Å². The van der Waals surface area contributed by atoms with Crippen LogP contribution >= 0.6 is 0 Å². The molecule has 0 aliphatic heterocycles. The van der Waals surface area contributed by atoms with E-state index in [0.29, 0.717) is 0 Å². The van der Waals surface area contributed by atoms with Crippen molar-refractivity contribution in [1.29, 1.82) is 0 Å². The zero-order valence-corrected chi connectivity index (χ0v) is 32.8. The van der Waals surface area contributed by atoms with E-state index in [0.717, 1.165) is 17.1 Å². The van der Waals surface area contributed by atoms with Crippen LogP contribution in [-0.2, 0) is 5.41 Å². The van der Waals surface area contributed by atoms with Gasteiger partial charge in [0.15, 0.2) is 0 Å². The molecule has 0 bridgehead atoms. The first kappa shape index (κ1) is 35.2. The molecule has 10 rings (SSSR count). The van der Waals surface area contributed by atoms with Crippen LogP contribution in [0, 0.1) is 0 Å². The van der Waals surface area contributed by atoms with Gasteiger partial charge in [-0.25, -0.2) is 0 Å². The third-order valence-corrected chi connectivity index (χ3v) is 11.9. The van der Waals surface area contributed by atoms with Gasteiger partial charge in [0.2, 0.25) is 0 Å². The summed E-state index contributed by atoms with van der Waals surface area (Å²) in [6, 6.07) is 81.9. The highest BCUT2D eigenvalue weighted by Crippen LogP contribution is 2.54. The van der Waals surface area contributed by atoms with Gasteiger partial charge in [0, 0.05) is 22.4 Å². The quantitative estimate of drug-likeness (QED) is 0.150. The Morgan fingerprint density at radius 1 is 0.293 bits per heavy atom. The molecule has 0 heterocycles. The Hall–Kier alpha value is -7.22. The van der Waals surface area contributed by atoms with Gasteiger partial charge in [-0.15, -0.1) is 0 Å². The summed E-state index contributed by atoms with van der Waals surface area (Å²) >= 11 is 0. The lowest BCUT2D eigenvalue weighted by molar-refractivity contribution is 0.660. The van der Waals surface area contributed by atoms with Gasteiger partial charge in [-0.1, -0.05) is 208 Å². The van der Waals surface area contributed by atoms with E-state index < -0.39 is 0 Å². The number of para-hydroxylation sites is 1. The predicted octanol–water partition coefficient (Wildman–Crippen LogP) is 15.8. The molecule has 1 aliphatic carbocycles. The van der Waals surface area contributed by atoms with E-state index in [-0.39, 0.29) is 5.41 Å². The second kappa shape index (κ2) is 14.7. The van der Waals surface area contributed by atoms with Gasteiger partial charge >= 0.3 is 0 Å². The van der Waals surface area contributed by atoms with Crippen molar-refractivity contribution in [2.24, 2.45) is 0 Å². The maximum atomic E-state index is 2.48. The molecule has 0 saturated carbocycles. The van der Waals surface area contributed by atoms with E-state index in [1.807, 2.05) is 0 Å². The fraction of sp³-hybridized carbons (Fsp3) is 0.0526. The largest absolute Gasteiger partial charge is 0.310 e. The minimum Gasteiger partial charge on any atom is -0.310 e. The van der Waals surface area contributed by atoms with Crippen molar-refractivity contribution >= 4 is 17.1 Å². The van der Waals surface area contributed by atoms with E-state index in [4.69, 9.17) is 0 Å². The standard InChI is InChI=1S/C57H43N/c1-57(2)53-31-17-15-29-50(53)56-49(30-19-32-54(56)57)48-28-16-18-33-55(48)58(44-34-36-46(40-20-7-3-8-21-40)51(38-44)42-24-11-5-12-25-42)45-35-37-47(41-22-9-4-10-23-41)52(39-45)43-26-13-6-14-27-43/h3-39H,1-2H3. The van der Waals surface area contributed by atoms with E-state index in [1.54, 1.807) is 0 Å². The van der Waals surface area contributed by atoms with Crippen molar-refractivity contribution in [3.8, 4) is 66.8 Å². The molecule has 0 amide bonds. The summed E-state index contributed by atoms with van der Waals surface area (Å²) in [5, 5.41) is 0. The number of hydrogen-bond acceptors (Lipinski definition) is 1. The van der Waals surface area contributed by atoms with Gasteiger partial charge in [-0.2, -0.15) is 0 Å². The third-order valence-electron chi connectivity index (χ3n) is 11.9. The summed E-state index contributed by atoms with van der Waals surface area (Å²) in [6.45, 7) is 4.72. The lowest BCUT2D eigenvalue weighted by Gasteiger charge is -2.30. The second-order valence-corrected chi connectivity index (χ2v) is 15.7. The molecular formula is C57H43N. The Labute approximate surface area is 342 Å². The lowest BCUT2D eigenvalue weighted by atomic mass is 9.82. The third kappa shape index (κ3) is 6.13. The highest BCUT2D eigenvalue weighted by atomic mass is 15.1. The van der Waals surface area contributed by atoms with Crippen LogP contribution in [-0.4, -0.2) is 0 Å². The first-order chi connectivity index (χ1) is 28.6. The fourth-order valence-corrected chi connectivity index (χ4v) is 9.10. The van der Waals surface area contributed by atoms with Gasteiger partial charge in [0.25, 0.3) is 0 Å². The Morgan fingerprint density at radius 2 is 0.690 bits per heavy atom. The Bertz CT molecular complexity index is 2770. The molecule has 1 nitrogen and oxygen atoms in total. The Kier molecular flexibility index (Phi) is 8.92. The molecule has 1 heteroatoms. The van der Waals surface area contributed by atoms with Crippen LogP contribution in [0.3, 0.4) is 0 Å². The average Bonchev–Trinajstić information content (AvgIpc) is 3.53. The average molecular weight is 742 g/mol. The number of benzene rings is 9. The van der Waals surface area contributed by atoms with Gasteiger partial charge in [-0.05, 0) is 103 Å². The van der Waals surface area contributed by atoms with E-state index in [1.165, 1.54) is 77.9 Å². The number of hydrogen-bond donors (Lipinski definition) is 0. The van der Waals surface area contributed by atoms with Crippen LogP contribution in [0.5, 0.6) is 0 Å². The topological polar surface area (TPSA) is 3.24 Å². The number of rotatable bonds is 8. The van der Waals surface area contributed by atoms with Crippen LogP contribution in [0.1, 0.15) is 25.0 Å². The molecular weight excluding hydrogens is 699 g/mol. The molecule has 0 atom stereocenters. The zero-order chi connectivity index (χ0) is 39.1. The van der Waals surface area contributed by atoms with Crippen molar-refractivity contribution in [2.75, 3.05) is 4.90 Å². The van der Waals surface area contributed by atoms with Crippen molar-refractivity contribution in [1.82, 2.24) is 0 Å². The molecule has 0 fully saturated rings. The molecule has 9 aromatic rings. The van der Waals surface area contributed by atoms with Crippen molar-refractivity contribution in [3.63, 3.8) is 0 Å². The first-order valence-electron chi connectivity index (χ1n) is 20.2. The van der Waals surface area contributed by atoms with E-state index in [2.05, 4.69) is 243 Å². The molecule has 9 aromatic carbocycles. The zero-order valence-electron chi connectivity index (χ0n) is 32.8. The summed E-state index contributed by atoms with van der Waals surface area (Å²) in [5.41, 5.74) is 20.5. The van der Waals surface area contributed by atoms with Gasteiger partial charge in [-0.3, -0.25) is 0 Å².